The summed E-state index contributed by atoms with van der Waals surface area (Å²) in [5.41, 5.74) is -0.720. The standard InChI is InChI=1S/C8H3F2NO2.CH3FO3S/c9-5-3-1-2-4-6(5)8(13)11(10)7(4)12;1-6(3,4)5-2/h1-3H;1H3. The summed E-state index contributed by atoms with van der Waals surface area (Å²) >= 11 is 0. The lowest BCUT2D eigenvalue weighted by atomic mass is 10.1. The zero-order chi connectivity index (χ0) is 14.8. The zero-order valence-corrected chi connectivity index (χ0v) is 10.1. The van der Waals surface area contributed by atoms with Crippen LogP contribution < -0.4 is 0 Å². The largest absolute Gasteiger partial charge is 0.295 e. The number of carbonyl (C=O) groups is 2. The number of amides is 2. The molecule has 19 heavy (non-hydrogen) atoms. The average molecular weight is 297 g/mol. The highest BCUT2D eigenvalue weighted by Gasteiger charge is 2.38. The monoisotopic (exact) mass is 297 g/mol. The Morgan fingerprint density at radius 1 is 1.21 bits per heavy atom. The van der Waals surface area contributed by atoms with Gasteiger partial charge in [0.2, 0.25) is 0 Å². The van der Waals surface area contributed by atoms with Crippen LogP contribution in [-0.4, -0.2) is 31.6 Å². The maximum absolute atomic E-state index is 12.9. The van der Waals surface area contributed by atoms with E-state index in [2.05, 4.69) is 4.39 Å². The highest BCUT2D eigenvalue weighted by Crippen LogP contribution is 2.24. The third kappa shape index (κ3) is 3.29. The summed E-state index contributed by atoms with van der Waals surface area (Å²) in [6.07, 6.45) is 0.618. The summed E-state index contributed by atoms with van der Waals surface area (Å²) in [4.78, 5) is 21.8. The quantitative estimate of drug-likeness (QED) is 0.574. The van der Waals surface area contributed by atoms with Crippen molar-refractivity contribution in [2.75, 3.05) is 6.26 Å². The highest BCUT2D eigenvalue weighted by molar-refractivity contribution is 7.85. The van der Waals surface area contributed by atoms with E-state index in [-0.39, 0.29) is 5.56 Å². The number of benzene rings is 1. The summed E-state index contributed by atoms with van der Waals surface area (Å²) in [5, 5.41) is -0.590. The van der Waals surface area contributed by atoms with Crippen molar-refractivity contribution in [2.24, 2.45) is 0 Å². The molecule has 0 aliphatic carbocycles. The van der Waals surface area contributed by atoms with Crippen LogP contribution in [0.25, 0.3) is 0 Å². The van der Waals surface area contributed by atoms with Crippen LogP contribution >= 0.6 is 0 Å². The van der Waals surface area contributed by atoms with Crippen LogP contribution in [0.3, 0.4) is 0 Å². The Bertz CT molecular complexity index is 631. The second-order valence-electron chi connectivity index (χ2n) is 3.32. The molecule has 0 unspecified atom stereocenters. The molecule has 0 fully saturated rings. The van der Waals surface area contributed by atoms with E-state index in [1.807, 2.05) is 0 Å². The van der Waals surface area contributed by atoms with Crippen LogP contribution in [0.4, 0.5) is 13.4 Å². The molecule has 0 saturated heterocycles. The average Bonchev–Trinajstić information content (AvgIpc) is 2.56. The molecule has 6 nitrogen and oxygen atoms in total. The second kappa shape index (κ2) is 5.36. The van der Waals surface area contributed by atoms with Crippen molar-refractivity contribution >= 4 is 21.9 Å². The van der Waals surface area contributed by atoms with Gasteiger partial charge in [-0.15, -0.1) is 5.12 Å². The van der Waals surface area contributed by atoms with Crippen molar-refractivity contribution in [1.29, 1.82) is 0 Å². The van der Waals surface area contributed by atoms with Crippen molar-refractivity contribution in [1.82, 2.24) is 5.12 Å². The summed E-state index contributed by atoms with van der Waals surface area (Å²) in [6, 6.07) is 3.46. The summed E-state index contributed by atoms with van der Waals surface area (Å²) in [5.74, 6) is -3.23. The third-order valence-electron chi connectivity index (χ3n) is 1.93. The first-order valence-electron chi connectivity index (χ1n) is 4.52. The SMILES string of the molecule is CS(=O)(=O)OF.O=C1c2cccc(F)c2C(=O)N1F. The summed E-state index contributed by atoms with van der Waals surface area (Å²) in [7, 11) is -3.83. The van der Waals surface area contributed by atoms with Gasteiger partial charge >= 0.3 is 0 Å². The van der Waals surface area contributed by atoms with E-state index < -0.39 is 38.4 Å². The zero-order valence-electron chi connectivity index (χ0n) is 9.26. The van der Waals surface area contributed by atoms with Gasteiger partial charge in [0.1, 0.15) is 5.82 Å². The molecule has 0 N–H and O–H groups in total. The first-order chi connectivity index (χ1) is 8.69. The topological polar surface area (TPSA) is 80.8 Å². The predicted octanol–water partition coefficient (Wildman–Crippen LogP) is 1.15. The number of rotatable bonds is 1. The van der Waals surface area contributed by atoms with E-state index in [0.29, 0.717) is 6.26 Å². The number of imide groups is 1. The minimum atomic E-state index is -3.83. The Kier molecular flexibility index (Phi) is 4.27. The van der Waals surface area contributed by atoms with Crippen molar-refractivity contribution < 1.29 is 35.8 Å². The molecular weight excluding hydrogens is 291 g/mol. The molecule has 1 heterocycles. The summed E-state index contributed by atoms with van der Waals surface area (Å²) < 4.78 is 57.2. The lowest BCUT2D eigenvalue weighted by Crippen LogP contribution is -2.19. The maximum atomic E-state index is 12.9. The minimum Gasteiger partial charge on any atom is -0.266 e. The second-order valence-corrected chi connectivity index (χ2v) is 4.85. The Labute approximate surface area is 105 Å². The van der Waals surface area contributed by atoms with Crippen LogP contribution in [0, 0.1) is 5.82 Å². The molecule has 1 aliphatic heterocycles. The van der Waals surface area contributed by atoms with E-state index in [0.717, 1.165) is 6.07 Å². The fraction of sp³-hybridized carbons (Fsp3) is 0.111. The third-order valence-corrected chi connectivity index (χ3v) is 2.16. The normalized spacial score (nSPS) is 14.0. The van der Waals surface area contributed by atoms with E-state index in [4.69, 9.17) is 0 Å². The number of nitrogens with zero attached hydrogens (tertiary/aromatic N) is 1. The van der Waals surface area contributed by atoms with Gasteiger partial charge in [-0.3, -0.25) is 9.59 Å². The Hall–Kier alpha value is -1.94. The van der Waals surface area contributed by atoms with Gasteiger partial charge in [0.05, 0.1) is 17.4 Å². The number of hydrogen-bond acceptors (Lipinski definition) is 5. The molecule has 104 valence electrons. The van der Waals surface area contributed by atoms with Gasteiger partial charge in [-0.1, -0.05) is 14.9 Å². The molecule has 0 radical (unpaired) electrons. The highest BCUT2D eigenvalue weighted by atomic mass is 32.2. The van der Waals surface area contributed by atoms with Gasteiger partial charge in [-0.05, 0) is 16.7 Å². The molecule has 1 aliphatic rings. The molecule has 0 atom stereocenters. The van der Waals surface area contributed by atoms with Gasteiger partial charge in [0.15, 0.2) is 0 Å². The number of carbonyl (C=O) groups excluding carboxylic acids is 2. The van der Waals surface area contributed by atoms with Gasteiger partial charge in [-0.25, -0.2) is 4.39 Å². The van der Waals surface area contributed by atoms with E-state index in [9.17, 15) is 31.4 Å². The molecule has 0 saturated carbocycles. The van der Waals surface area contributed by atoms with Crippen molar-refractivity contribution in [2.45, 2.75) is 0 Å². The number of hydrogen-bond donors (Lipinski definition) is 0. The fourth-order valence-electron chi connectivity index (χ4n) is 1.22. The van der Waals surface area contributed by atoms with Crippen LogP contribution in [0.2, 0.25) is 0 Å². The van der Waals surface area contributed by atoms with E-state index >= 15 is 0 Å². The van der Waals surface area contributed by atoms with Crippen molar-refractivity contribution in [3.05, 3.63) is 35.1 Å². The summed E-state index contributed by atoms with van der Waals surface area (Å²) in [6.45, 7) is 0. The van der Waals surface area contributed by atoms with Gasteiger partial charge in [-0.2, -0.15) is 8.42 Å². The van der Waals surface area contributed by atoms with Gasteiger partial charge in [0.25, 0.3) is 21.9 Å². The molecule has 0 aromatic heterocycles. The predicted molar refractivity (Wildman–Crippen MR) is 55.0 cm³/mol. The molecule has 1 aromatic rings. The first-order valence-corrected chi connectivity index (χ1v) is 6.34. The number of halogens is 3. The first kappa shape index (κ1) is 15.1. The van der Waals surface area contributed by atoms with Gasteiger partial charge < -0.3 is 0 Å². The molecule has 1 aromatic carbocycles. The fourth-order valence-corrected chi connectivity index (χ4v) is 1.22. The lowest BCUT2D eigenvalue weighted by Gasteiger charge is -1.95. The minimum absolute atomic E-state index is 0.229. The van der Waals surface area contributed by atoms with Gasteiger partial charge in [0, 0.05) is 0 Å². The van der Waals surface area contributed by atoms with Crippen LogP contribution in [-0.2, 0) is 14.5 Å². The lowest BCUT2D eigenvalue weighted by molar-refractivity contribution is 0.00419. The van der Waals surface area contributed by atoms with Crippen LogP contribution in [0.5, 0.6) is 0 Å². The Morgan fingerprint density at radius 3 is 2.16 bits per heavy atom. The van der Waals surface area contributed by atoms with E-state index in [1.165, 1.54) is 12.1 Å². The molecule has 0 spiro atoms. The van der Waals surface area contributed by atoms with Crippen LogP contribution in [0.15, 0.2) is 18.2 Å². The number of fused-ring (bicyclic) bond motifs is 1. The maximum Gasteiger partial charge on any atom is 0.295 e. The Morgan fingerprint density at radius 2 is 1.74 bits per heavy atom. The van der Waals surface area contributed by atoms with Crippen LogP contribution in [0.1, 0.15) is 20.7 Å². The van der Waals surface area contributed by atoms with Crippen molar-refractivity contribution in [3.63, 3.8) is 0 Å². The Balaban J connectivity index is 0.000000258. The molecule has 0 bridgehead atoms. The molecule has 2 amide bonds. The molecular formula is C9H6F3NO5S. The smallest absolute Gasteiger partial charge is 0.266 e. The van der Waals surface area contributed by atoms with Crippen molar-refractivity contribution in [3.8, 4) is 0 Å². The van der Waals surface area contributed by atoms with E-state index in [1.54, 1.807) is 0 Å². The molecule has 2 rings (SSSR count). The molecule has 10 heteroatoms.